The van der Waals surface area contributed by atoms with Crippen molar-refractivity contribution in [1.29, 1.82) is 0 Å². The van der Waals surface area contributed by atoms with Crippen molar-refractivity contribution in [1.82, 2.24) is 5.32 Å². The van der Waals surface area contributed by atoms with E-state index in [1.807, 2.05) is 18.2 Å². The zero-order valence-electron chi connectivity index (χ0n) is 15.2. The van der Waals surface area contributed by atoms with Gasteiger partial charge in [-0.2, -0.15) is 0 Å². The molecule has 0 fully saturated rings. The molecule has 0 spiro atoms. The average molecular weight is 367 g/mol. The summed E-state index contributed by atoms with van der Waals surface area (Å²) >= 11 is 0. The van der Waals surface area contributed by atoms with Crippen LogP contribution in [0.1, 0.15) is 42.5 Å². The molecular weight excluding hydrogens is 345 g/mol. The maximum atomic E-state index is 12.9. The van der Waals surface area contributed by atoms with E-state index >= 15 is 0 Å². The molecule has 2 aromatic rings. The van der Waals surface area contributed by atoms with Gasteiger partial charge in [0.05, 0.1) is 6.04 Å². The van der Waals surface area contributed by atoms with Crippen LogP contribution in [0.25, 0.3) is 6.08 Å². The molecule has 2 aromatic carbocycles. The van der Waals surface area contributed by atoms with Crippen LogP contribution < -0.4 is 5.32 Å². The SMILES string of the molecule is C[C@@H](OC(=O)/C=C/c1ccc(F)cc1)C(=O)N[C@@H]1CCCc2ccccc21. The molecule has 140 valence electrons. The van der Waals surface area contributed by atoms with E-state index in [2.05, 4.69) is 11.4 Å². The van der Waals surface area contributed by atoms with E-state index in [1.54, 1.807) is 19.1 Å². The van der Waals surface area contributed by atoms with Crippen LogP contribution in [0.3, 0.4) is 0 Å². The molecule has 0 unspecified atom stereocenters. The van der Waals surface area contributed by atoms with Crippen LogP contribution in [0.15, 0.2) is 54.6 Å². The lowest BCUT2D eigenvalue weighted by atomic mass is 9.87. The van der Waals surface area contributed by atoms with Gasteiger partial charge in [-0.15, -0.1) is 0 Å². The molecule has 5 heteroatoms. The highest BCUT2D eigenvalue weighted by molar-refractivity contribution is 5.90. The molecular formula is C22H22FNO3. The normalized spacial score (nSPS) is 17.2. The van der Waals surface area contributed by atoms with E-state index in [1.165, 1.54) is 29.8 Å². The molecule has 1 aliphatic carbocycles. The molecule has 0 saturated carbocycles. The van der Waals surface area contributed by atoms with Crippen LogP contribution in [-0.2, 0) is 20.7 Å². The van der Waals surface area contributed by atoms with Gasteiger partial charge in [0.25, 0.3) is 5.91 Å². The average Bonchev–Trinajstić information content (AvgIpc) is 2.68. The Labute approximate surface area is 158 Å². The number of rotatable bonds is 5. The van der Waals surface area contributed by atoms with Crippen LogP contribution in [0.5, 0.6) is 0 Å². The predicted molar refractivity (Wildman–Crippen MR) is 101 cm³/mol. The molecule has 2 atom stereocenters. The van der Waals surface area contributed by atoms with Gasteiger partial charge in [-0.1, -0.05) is 36.4 Å². The van der Waals surface area contributed by atoms with Gasteiger partial charge < -0.3 is 10.1 Å². The standard InChI is InChI=1S/C22H22FNO3/c1-15(27-21(25)14-11-16-9-12-18(23)13-10-16)22(26)24-20-8-4-6-17-5-2-3-7-19(17)20/h2-3,5,7,9-15,20H,4,6,8H2,1H3,(H,24,26)/b14-11+/t15-,20-/m1/s1. The molecule has 0 saturated heterocycles. The monoisotopic (exact) mass is 367 g/mol. The number of esters is 1. The molecule has 0 aliphatic heterocycles. The lowest BCUT2D eigenvalue weighted by Crippen LogP contribution is -2.39. The van der Waals surface area contributed by atoms with Crippen molar-refractivity contribution in [2.45, 2.75) is 38.3 Å². The minimum atomic E-state index is -0.899. The summed E-state index contributed by atoms with van der Waals surface area (Å²) in [6.07, 6.45) is 4.74. The van der Waals surface area contributed by atoms with Crippen LogP contribution in [0.4, 0.5) is 4.39 Å². The van der Waals surface area contributed by atoms with Crippen molar-refractivity contribution in [2.24, 2.45) is 0 Å². The van der Waals surface area contributed by atoms with E-state index < -0.39 is 12.1 Å². The number of benzene rings is 2. The highest BCUT2D eigenvalue weighted by Gasteiger charge is 2.24. The number of ether oxygens (including phenoxy) is 1. The van der Waals surface area contributed by atoms with Crippen LogP contribution >= 0.6 is 0 Å². The second kappa shape index (κ2) is 8.62. The van der Waals surface area contributed by atoms with Crippen molar-refractivity contribution in [3.63, 3.8) is 0 Å². The fourth-order valence-corrected chi connectivity index (χ4v) is 3.20. The minimum absolute atomic E-state index is 0.0571. The molecule has 0 aromatic heterocycles. The first-order valence-corrected chi connectivity index (χ1v) is 9.05. The zero-order valence-corrected chi connectivity index (χ0v) is 15.2. The van der Waals surface area contributed by atoms with Gasteiger partial charge in [0, 0.05) is 6.08 Å². The Hall–Kier alpha value is -2.95. The maximum Gasteiger partial charge on any atom is 0.331 e. The molecule has 0 heterocycles. The third-order valence-electron chi connectivity index (χ3n) is 4.63. The number of fused-ring (bicyclic) bond motifs is 1. The number of nitrogens with one attached hydrogen (secondary N) is 1. The Kier molecular flexibility index (Phi) is 6.01. The molecule has 1 aliphatic rings. The summed E-state index contributed by atoms with van der Waals surface area (Å²) < 4.78 is 18.0. The van der Waals surface area contributed by atoms with Gasteiger partial charge >= 0.3 is 5.97 Å². The second-order valence-corrected chi connectivity index (χ2v) is 6.62. The number of halogens is 1. The van der Waals surface area contributed by atoms with Crippen LogP contribution in [0, 0.1) is 5.82 Å². The molecule has 27 heavy (non-hydrogen) atoms. The fourth-order valence-electron chi connectivity index (χ4n) is 3.20. The number of carbonyl (C=O) groups excluding carboxylic acids is 2. The topological polar surface area (TPSA) is 55.4 Å². The quantitative estimate of drug-likeness (QED) is 0.643. The summed E-state index contributed by atoms with van der Waals surface area (Å²) in [5, 5.41) is 2.98. The molecule has 4 nitrogen and oxygen atoms in total. The Morgan fingerprint density at radius 1 is 1.19 bits per heavy atom. The van der Waals surface area contributed by atoms with Crippen LogP contribution in [0.2, 0.25) is 0 Å². The van der Waals surface area contributed by atoms with Gasteiger partial charge in [-0.25, -0.2) is 9.18 Å². The molecule has 1 N–H and O–H groups in total. The van der Waals surface area contributed by atoms with Crippen molar-refractivity contribution in [3.8, 4) is 0 Å². The van der Waals surface area contributed by atoms with Gasteiger partial charge in [0.2, 0.25) is 0 Å². The highest BCUT2D eigenvalue weighted by atomic mass is 19.1. The van der Waals surface area contributed by atoms with Crippen LogP contribution in [-0.4, -0.2) is 18.0 Å². The summed E-state index contributed by atoms with van der Waals surface area (Å²) in [6.45, 7) is 1.55. The van der Waals surface area contributed by atoms with E-state index in [4.69, 9.17) is 4.74 Å². The molecule has 3 rings (SSSR count). The number of hydrogen-bond donors (Lipinski definition) is 1. The first-order chi connectivity index (χ1) is 13.0. The van der Waals surface area contributed by atoms with Crippen molar-refractivity contribution < 1.29 is 18.7 Å². The predicted octanol–water partition coefficient (Wildman–Crippen LogP) is 3.96. The summed E-state index contributed by atoms with van der Waals surface area (Å²) in [7, 11) is 0. The zero-order chi connectivity index (χ0) is 19.2. The number of carbonyl (C=O) groups is 2. The molecule has 0 radical (unpaired) electrons. The molecule has 1 amide bonds. The Bertz CT molecular complexity index is 845. The lowest BCUT2D eigenvalue weighted by Gasteiger charge is -2.27. The maximum absolute atomic E-state index is 12.9. The summed E-state index contributed by atoms with van der Waals surface area (Å²) in [5.74, 6) is -1.28. The molecule has 0 bridgehead atoms. The van der Waals surface area contributed by atoms with Crippen molar-refractivity contribution in [3.05, 3.63) is 77.1 Å². The fraction of sp³-hybridized carbons (Fsp3) is 0.273. The van der Waals surface area contributed by atoms with Crippen molar-refractivity contribution in [2.75, 3.05) is 0 Å². The Morgan fingerprint density at radius 3 is 2.70 bits per heavy atom. The van der Waals surface area contributed by atoms with Gasteiger partial charge in [-0.3, -0.25) is 4.79 Å². The number of aryl methyl sites for hydroxylation is 1. The Morgan fingerprint density at radius 2 is 1.93 bits per heavy atom. The number of amides is 1. The van der Waals surface area contributed by atoms with E-state index in [-0.39, 0.29) is 17.8 Å². The smallest absolute Gasteiger partial charge is 0.331 e. The first kappa shape index (κ1) is 18.8. The van der Waals surface area contributed by atoms with Gasteiger partial charge in [0.1, 0.15) is 5.82 Å². The minimum Gasteiger partial charge on any atom is -0.449 e. The summed E-state index contributed by atoms with van der Waals surface area (Å²) in [4.78, 5) is 24.3. The van der Waals surface area contributed by atoms with E-state index in [0.29, 0.717) is 5.56 Å². The third-order valence-corrected chi connectivity index (χ3v) is 4.63. The highest BCUT2D eigenvalue weighted by Crippen LogP contribution is 2.29. The first-order valence-electron chi connectivity index (χ1n) is 9.05. The van der Waals surface area contributed by atoms with E-state index in [0.717, 1.165) is 24.8 Å². The summed E-state index contributed by atoms with van der Waals surface area (Å²) in [5.41, 5.74) is 3.05. The Balaban J connectivity index is 1.55. The van der Waals surface area contributed by atoms with Gasteiger partial charge in [-0.05, 0) is 61.1 Å². The van der Waals surface area contributed by atoms with E-state index in [9.17, 15) is 14.0 Å². The largest absolute Gasteiger partial charge is 0.449 e. The van der Waals surface area contributed by atoms with Gasteiger partial charge in [0.15, 0.2) is 6.10 Å². The number of hydrogen-bond acceptors (Lipinski definition) is 3. The lowest BCUT2D eigenvalue weighted by molar-refractivity contribution is -0.150. The third kappa shape index (κ3) is 5.03. The summed E-state index contributed by atoms with van der Waals surface area (Å²) in [6, 6.07) is 13.7. The second-order valence-electron chi connectivity index (χ2n) is 6.62. The van der Waals surface area contributed by atoms with Crippen molar-refractivity contribution >= 4 is 18.0 Å².